The van der Waals surface area contributed by atoms with E-state index in [0.29, 0.717) is 3.57 Å². The lowest BCUT2D eigenvalue weighted by Crippen LogP contribution is -2.13. The summed E-state index contributed by atoms with van der Waals surface area (Å²) in [5.41, 5.74) is -0.252. The Morgan fingerprint density at radius 3 is 2.57 bits per heavy atom. The normalized spacial score (nSPS) is 12.6. The summed E-state index contributed by atoms with van der Waals surface area (Å²) >= 11 is 4.89. The molecule has 0 aliphatic heterocycles. The summed E-state index contributed by atoms with van der Waals surface area (Å²) in [5.74, 6) is -2.22. The van der Waals surface area contributed by atoms with Crippen molar-refractivity contribution in [1.82, 2.24) is 0 Å². The van der Waals surface area contributed by atoms with Crippen molar-refractivity contribution in [3.63, 3.8) is 0 Å². The molecule has 0 bridgehead atoms. The quantitative estimate of drug-likeness (QED) is 0.781. The highest BCUT2D eigenvalue weighted by Gasteiger charge is 2.23. The molecule has 2 N–H and O–H groups in total. The van der Waals surface area contributed by atoms with Gasteiger partial charge in [-0.15, -0.1) is 0 Å². The molecule has 76 valence electrons. The molecule has 1 aromatic rings. The van der Waals surface area contributed by atoms with Gasteiger partial charge in [-0.2, -0.15) is 0 Å². The molecule has 0 aliphatic carbocycles. The summed E-state index contributed by atoms with van der Waals surface area (Å²) in [7, 11) is 0. The molecule has 3 nitrogen and oxygen atoms in total. The van der Waals surface area contributed by atoms with Crippen LogP contribution < -0.4 is 0 Å². The number of carbonyl (C=O) groups is 1. The summed E-state index contributed by atoms with van der Waals surface area (Å²) in [6.07, 6.45) is -1.85. The van der Waals surface area contributed by atoms with Gasteiger partial charge in [0.1, 0.15) is 5.82 Å². The molecular weight excluding hydrogens is 370 g/mol. The van der Waals surface area contributed by atoms with Crippen LogP contribution in [0.2, 0.25) is 0 Å². The minimum atomic E-state index is -1.85. The first kappa shape index (κ1) is 11.9. The molecule has 1 unspecified atom stereocenters. The van der Waals surface area contributed by atoms with E-state index in [1.165, 1.54) is 6.07 Å². The third-order valence-electron chi connectivity index (χ3n) is 1.55. The van der Waals surface area contributed by atoms with Gasteiger partial charge in [-0.1, -0.05) is 15.9 Å². The van der Waals surface area contributed by atoms with Crippen LogP contribution >= 0.6 is 38.5 Å². The second kappa shape index (κ2) is 4.54. The fourth-order valence-electron chi connectivity index (χ4n) is 0.938. The van der Waals surface area contributed by atoms with Gasteiger partial charge >= 0.3 is 5.97 Å². The number of rotatable bonds is 2. The molecule has 0 aliphatic rings. The van der Waals surface area contributed by atoms with E-state index in [1.807, 2.05) is 22.6 Å². The van der Waals surface area contributed by atoms with Crippen LogP contribution in [-0.4, -0.2) is 16.2 Å². The van der Waals surface area contributed by atoms with E-state index in [0.717, 1.165) is 6.07 Å². The molecule has 0 heterocycles. The first-order chi connectivity index (χ1) is 6.43. The van der Waals surface area contributed by atoms with Crippen LogP contribution in [0.4, 0.5) is 4.39 Å². The summed E-state index contributed by atoms with van der Waals surface area (Å²) in [4.78, 5) is 10.4. The van der Waals surface area contributed by atoms with Crippen molar-refractivity contribution in [1.29, 1.82) is 0 Å². The van der Waals surface area contributed by atoms with Crippen LogP contribution in [0.1, 0.15) is 11.7 Å². The Bertz CT molecular complexity index is 360. The highest BCUT2D eigenvalue weighted by Crippen LogP contribution is 2.28. The number of carboxylic acids is 1. The van der Waals surface area contributed by atoms with E-state index in [2.05, 4.69) is 15.9 Å². The second-order valence-corrected chi connectivity index (χ2v) is 4.62. The van der Waals surface area contributed by atoms with Gasteiger partial charge in [0.2, 0.25) is 0 Å². The number of benzene rings is 1. The predicted molar refractivity (Wildman–Crippen MR) is 59.4 cm³/mol. The van der Waals surface area contributed by atoms with Gasteiger partial charge in [-0.3, -0.25) is 0 Å². The molecule has 14 heavy (non-hydrogen) atoms. The molecule has 0 aromatic heterocycles. The molecule has 0 spiro atoms. The Balaban J connectivity index is 3.27. The second-order valence-electron chi connectivity index (χ2n) is 2.52. The van der Waals surface area contributed by atoms with Crippen molar-refractivity contribution in [3.8, 4) is 0 Å². The largest absolute Gasteiger partial charge is 0.479 e. The fraction of sp³-hybridized carbons (Fsp3) is 0.125. The van der Waals surface area contributed by atoms with Gasteiger partial charge in [0.15, 0.2) is 6.10 Å². The minimum Gasteiger partial charge on any atom is -0.479 e. The van der Waals surface area contributed by atoms with Crippen molar-refractivity contribution >= 4 is 44.5 Å². The maximum Gasteiger partial charge on any atom is 0.337 e. The molecule has 1 rings (SSSR count). The summed E-state index contributed by atoms with van der Waals surface area (Å²) < 4.78 is 14.1. The van der Waals surface area contributed by atoms with Crippen molar-refractivity contribution < 1.29 is 19.4 Å². The number of hydrogen-bond acceptors (Lipinski definition) is 2. The molecule has 6 heteroatoms. The van der Waals surface area contributed by atoms with Crippen LogP contribution in [0.3, 0.4) is 0 Å². The van der Waals surface area contributed by atoms with Crippen LogP contribution in [0.15, 0.2) is 16.6 Å². The standard InChI is InChI=1S/C8H5BrFIO3/c9-4-1-3(11)2-5(10)6(4)7(12)8(13)14/h1-2,7,12H,(H,13,14). The molecular formula is C8H5BrFIO3. The Kier molecular flexibility index (Phi) is 3.85. The molecule has 1 atom stereocenters. The average molecular weight is 375 g/mol. The van der Waals surface area contributed by atoms with Crippen molar-refractivity contribution in [3.05, 3.63) is 31.6 Å². The van der Waals surface area contributed by atoms with Crippen molar-refractivity contribution in [2.45, 2.75) is 6.10 Å². The van der Waals surface area contributed by atoms with Crippen LogP contribution in [-0.2, 0) is 4.79 Å². The maximum atomic E-state index is 13.3. The monoisotopic (exact) mass is 374 g/mol. The van der Waals surface area contributed by atoms with E-state index in [9.17, 15) is 14.3 Å². The molecule has 0 fully saturated rings. The minimum absolute atomic E-state index is 0.247. The lowest BCUT2D eigenvalue weighted by atomic mass is 10.1. The number of carboxylic acid groups (broad SMARTS) is 1. The Morgan fingerprint density at radius 1 is 1.57 bits per heavy atom. The lowest BCUT2D eigenvalue weighted by molar-refractivity contribution is -0.147. The topological polar surface area (TPSA) is 57.5 Å². The first-order valence-electron chi connectivity index (χ1n) is 3.48. The van der Waals surface area contributed by atoms with Crippen molar-refractivity contribution in [2.24, 2.45) is 0 Å². The predicted octanol–water partition coefficient (Wildman–Crippen LogP) is 2.31. The summed E-state index contributed by atoms with van der Waals surface area (Å²) in [5, 5.41) is 17.7. The van der Waals surface area contributed by atoms with Gasteiger partial charge in [0.05, 0.1) is 0 Å². The van der Waals surface area contributed by atoms with Gasteiger partial charge in [-0.25, -0.2) is 9.18 Å². The Morgan fingerprint density at radius 2 is 2.14 bits per heavy atom. The summed E-state index contributed by atoms with van der Waals surface area (Å²) in [6.45, 7) is 0. The van der Waals surface area contributed by atoms with Gasteiger partial charge in [-0.05, 0) is 34.7 Å². The van der Waals surface area contributed by atoms with E-state index < -0.39 is 17.9 Å². The van der Waals surface area contributed by atoms with Gasteiger partial charge in [0.25, 0.3) is 0 Å². The van der Waals surface area contributed by atoms with E-state index in [-0.39, 0.29) is 10.0 Å². The fourth-order valence-corrected chi connectivity index (χ4v) is 2.60. The van der Waals surface area contributed by atoms with Crippen molar-refractivity contribution in [2.75, 3.05) is 0 Å². The molecule has 0 radical (unpaired) electrons. The first-order valence-corrected chi connectivity index (χ1v) is 5.36. The smallest absolute Gasteiger partial charge is 0.337 e. The molecule has 0 amide bonds. The SMILES string of the molecule is O=C(O)C(O)c1c(F)cc(I)cc1Br. The van der Waals surface area contributed by atoms with E-state index >= 15 is 0 Å². The molecule has 1 aromatic carbocycles. The summed E-state index contributed by atoms with van der Waals surface area (Å²) in [6, 6.07) is 2.69. The highest BCUT2D eigenvalue weighted by atomic mass is 127. The molecule has 0 saturated carbocycles. The number of aliphatic hydroxyl groups is 1. The third-order valence-corrected chi connectivity index (χ3v) is 2.83. The Labute approximate surface area is 101 Å². The number of aliphatic hydroxyl groups excluding tert-OH is 1. The van der Waals surface area contributed by atoms with Gasteiger partial charge in [0, 0.05) is 13.6 Å². The zero-order chi connectivity index (χ0) is 10.9. The maximum absolute atomic E-state index is 13.3. The average Bonchev–Trinajstić information content (AvgIpc) is 2.01. The van der Waals surface area contributed by atoms with Crippen LogP contribution in [0, 0.1) is 9.39 Å². The lowest BCUT2D eigenvalue weighted by Gasteiger charge is -2.09. The zero-order valence-corrected chi connectivity index (χ0v) is 10.4. The molecule has 0 saturated heterocycles. The number of aliphatic carboxylic acids is 1. The van der Waals surface area contributed by atoms with Crippen LogP contribution in [0.25, 0.3) is 0 Å². The van der Waals surface area contributed by atoms with E-state index in [4.69, 9.17) is 5.11 Å². The number of hydrogen-bond donors (Lipinski definition) is 2. The Hall–Kier alpha value is -0.210. The van der Waals surface area contributed by atoms with E-state index in [1.54, 1.807) is 0 Å². The van der Waals surface area contributed by atoms with Gasteiger partial charge < -0.3 is 10.2 Å². The zero-order valence-electron chi connectivity index (χ0n) is 6.67. The third kappa shape index (κ3) is 2.43. The van der Waals surface area contributed by atoms with Crippen LogP contribution in [0.5, 0.6) is 0 Å². The number of halogens is 3. The highest BCUT2D eigenvalue weighted by molar-refractivity contribution is 14.1.